The summed E-state index contributed by atoms with van der Waals surface area (Å²) >= 11 is 0. The van der Waals surface area contributed by atoms with Crippen molar-refractivity contribution in [2.24, 2.45) is 0 Å². The van der Waals surface area contributed by atoms with Crippen molar-refractivity contribution in [2.45, 2.75) is 39.3 Å². The lowest BCUT2D eigenvalue weighted by Crippen LogP contribution is -2.31. The zero-order valence-corrected chi connectivity index (χ0v) is 12.9. The van der Waals surface area contributed by atoms with E-state index in [1.807, 2.05) is 0 Å². The van der Waals surface area contributed by atoms with Crippen LogP contribution in [0.15, 0.2) is 18.7 Å². The molecule has 1 aromatic rings. The summed E-state index contributed by atoms with van der Waals surface area (Å²) < 4.78 is 20.4. The number of ether oxygens (including phenoxy) is 3. The maximum Gasteiger partial charge on any atom is 0.243 e. The monoisotopic (exact) mass is 285 g/mol. The van der Waals surface area contributed by atoms with Crippen molar-refractivity contribution in [3.63, 3.8) is 0 Å². The summed E-state index contributed by atoms with van der Waals surface area (Å²) in [6.07, 6.45) is 9.32. The normalized spacial score (nSPS) is 11.1. The highest BCUT2D eigenvalue weighted by Crippen LogP contribution is 1.91. The second-order valence-corrected chi connectivity index (χ2v) is 4.76. The first kappa shape index (κ1) is 17.1. The van der Waals surface area contributed by atoms with Crippen molar-refractivity contribution in [3.05, 3.63) is 18.7 Å². The molecule has 0 radical (unpaired) electrons. The van der Waals surface area contributed by atoms with Gasteiger partial charge in [0.2, 0.25) is 6.33 Å². The molecular formula is C15H29N2O3+. The fourth-order valence-corrected chi connectivity index (χ4v) is 1.88. The Morgan fingerprint density at radius 3 is 2.20 bits per heavy atom. The standard InChI is InChI=1S/C15H29N2O3/c1-3-16-8-9-17(15-16)7-4-11-19-13-6-14-20-12-5-10-18-2/h8-9,15H,3-7,10-14H2,1-2H3/q+1. The van der Waals surface area contributed by atoms with Gasteiger partial charge in [0, 0.05) is 40.0 Å². The molecule has 1 heterocycles. The first-order valence-corrected chi connectivity index (χ1v) is 7.56. The van der Waals surface area contributed by atoms with E-state index < -0.39 is 0 Å². The minimum absolute atomic E-state index is 0.772. The van der Waals surface area contributed by atoms with Gasteiger partial charge in [-0.3, -0.25) is 0 Å². The minimum atomic E-state index is 0.772. The highest BCUT2D eigenvalue weighted by atomic mass is 16.5. The predicted octanol–water partition coefficient (Wildman–Crippen LogP) is 1.65. The third kappa shape index (κ3) is 8.30. The Balaban J connectivity index is 1.83. The van der Waals surface area contributed by atoms with Gasteiger partial charge in [0.25, 0.3) is 0 Å². The molecule has 1 rings (SSSR count). The zero-order valence-electron chi connectivity index (χ0n) is 12.9. The van der Waals surface area contributed by atoms with Crippen molar-refractivity contribution in [1.29, 1.82) is 0 Å². The molecule has 0 aromatic carbocycles. The number of hydrogen-bond acceptors (Lipinski definition) is 3. The molecule has 0 bridgehead atoms. The molecule has 0 unspecified atom stereocenters. The van der Waals surface area contributed by atoms with Crippen LogP contribution in [0.2, 0.25) is 0 Å². The molecule has 0 spiro atoms. The van der Waals surface area contributed by atoms with Crippen LogP contribution in [0.1, 0.15) is 26.2 Å². The Morgan fingerprint density at radius 2 is 1.60 bits per heavy atom. The Hall–Kier alpha value is -0.910. The summed E-state index contributed by atoms with van der Waals surface area (Å²) in [5, 5.41) is 0. The SMILES string of the molecule is CCn1cc[n+](CCCOCCCOCCCOC)c1. The number of hydrogen-bond donors (Lipinski definition) is 0. The molecule has 5 nitrogen and oxygen atoms in total. The van der Waals surface area contributed by atoms with Gasteiger partial charge in [0.1, 0.15) is 12.4 Å². The molecule has 20 heavy (non-hydrogen) atoms. The second kappa shape index (κ2) is 11.9. The molecule has 0 saturated heterocycles. The average molecular weight is 285 g/mol. The maximum atomic E-state index is 5.59. The van der Waals surface area contributed by atoms with Crippen LogP contribution < -0.4 is 4.57 Å². The molecule has 0 N–H and O–H groups in total. The van der Waals surface area contributed by atoms with Crippen LogP contribution in [0, 0.1) is 0 Å². The van der Waals surface area contributed by atoms with Gasteiger partial charge in [-0.15, -0.1) is 0 Å². The molecule has 1 aromatic heterocycles. The van der Waals surface area contributed by atoms with E-state index in [2.05, 4.69) is 34.8 Å². The summed E-state index contributed by atoms with van der Waals surface area (Å²) in [5.74, 6) is 0. The van der Waals surface area contributed by atoms with Crippen LogP contribution in [0.5, 0.6) is 0 Å². The van der Waals surface area contributed by atoms with Gasteiger partial charge in [-0.1, -0.05) is 0 Å². The van der Waals surface area contributed by atoms with Gasteiger partial charge >= 0.3 is 0 Å². The first-order valence-electron chi connectivity index (χ1n) is 7.56. The molecule has 0 aliphatic heterocycles. The Morgan fingerprint density at radius 1 is 0.950 bits per heavy atom. The summed E-state index contributed by atoms with van der Waals surface area (Å²) in [4.78, 5) is 0. The molecule has 0 fully saturated rings. The summed E-state index contributed by atoms with van der Waals surface area (Å²) in [7, 11) is 1.71. The summed E-state index contributed by atoms with van der Waals surface area (Å²) in [6, 6.07) is 0. The van der Waals surface area contributed by atoms with Crippen molar-refractivity contribution in [1.82, 2.24) is 4.57 Å². The number of nitrogens with zero attached hydrogens (tertiary/aromatic N) is 2. The van der Waals surface area contributed by atoms with Gasteiger partial charge in [-0.05, 0) is 19.8 Å². The summed E-state index contributed by atoms with van der Waals surface area (Å²) in [6.45, 7) is 8.10. The van der Waals surface area contributed by atoms with E-state index in [1.165, 1.54) is 0 Å². The lowest BCUT2D eigenvalue weighted by molar-refractivity contribution is -0.697. The van der Waals surface area contributed by atoms with E-state index >= 15 is 0 Å². The van der Waals surface area contributed by atoms with E-state index in [9.17, 15) is 0 Å². The smallest absolute Gasteiger partial charge is 0.243 e. The first-order chi connectivity index (χ1) is 9.86. The van der Waals surface area contributed by atoms with Crippen LogP contribution in [0.3, 0.4) is 0 Å². The molecule has 0 aliphatic rings. The van der Waals surface area contributed by atoms with E-state index in [4.69, 9.17) is 14.2 Å². The third-order valence-electron chi connectivity index (χ3n) is 3.03. The fourth-order valence-electron chi connectivity index (χ4n) is 1.88. The molecule has 116 valence electrons. The number of imidazole rings is 1. The topological polar surface area (TPSA) is 36.5 Å². The largest absolute Gasteiger partial charge is 0.385 e. The molecule has 5 heteroatoms. The van der Waals surface area contributed by atoms with Crippen molar-refractivity contribution in [3.8, 4) is 0 Å². The molecule has 0 saturated carbocycles. The van der Waals surface area contributed by atoms with Crippen molar-refractivity contribution >= 4 is 0 Å². The van der Waals surface area contributed by atoms with Crippen molar-refractivity contribution < 1.29 is 18.8 Å². The average Bonchev–Trinajstić information content (AvgIpc) is 2.93. The summed E-state index contributed by atoms with van der Waals surface area (Å²) in [5.41, 5.74) is 0. The lowest BCUT2D eigenvalue weighted by atomic mass is 10.4. The quantitative estimate of drug-likeness (QED) is 0.408. The number of rotatable bonds is 13. The van der Waals surface area contributed by atoms with Gasteiger partial charge in [0.15, 0.2) is 0 Å². The molecular weight excluding hydrogens is 256 g/mol. The van der Waals surface area contributed by atoms with Crippen LogP contribution in [0.25, 0.3) is 0 Å². The lowest BCUT2D eigenvalue weighted by Gasteiger charge is -2.05. The van der Waals surface area contributed by atoms with Crippen LogP contribution in [-0.4, -0.2) is 44.7 Å². The number of aryl methyl sites for hydroxylation is 2. The Labute approximate surface area is 122 Å². The van der Waals surface area contributed by atoms with Crippen molar-refractivity contribution in [2.75, 3.05) is 40.1 Å². The van der Waals surface area contributed by atoms with E-state index in [1.54, 1.807) is 7.11 Å². The van der Waals surface area contributed by atoms with Crippen LogP contribution in [0.4, 0.5) is 0 Å². The van der Waals surface area contributed by atoms with Gasteiger partial charge < -0.3 is 14.2 Å². The predicted molar refractivity (Wildman–Crippen MR) is 77.7 cm³/mol. The maximum absolute atomic E-state index is 5.59. The Kier molecular flexibility index (Phi) is 10.2. The Bertz CT molecular complexity index is 329. The van der Waals surface area contributed by atoms with E-state index in [0.29, 0.717) is 0 Å². The molecule has 0 atom stereocenters. The van der Waals surface area contributed by atoms with Gasteiger partial charge in [0.05, 0.1) is 19.7 Å². The molecule has 0 aliphatic carbocycles. The molecule has 0 amide bonds. The highest BCUT2D eigenvalue weighted by Gasteiger charge is 2.00. The number of methoxy groups -OCH3 is 1. The zero-order chi connectivity index (χ0) is 14.5. The van der Waals surface area contributed by atoms with Gasteiger partial charge in [-0.25, -0.2) is 9.13 Å². The third-order valence-corrected chi connectivity index (χ3v) is 3.03. The minimum Gasteiger partial charge on any atom is -0.385 e. The van der Waals surface area contributed by atoms with Crippen LogP contribution in [-0.2, 0) is 27.3 Å². The second-order valence-electron chi connectivity index (χ2n) is 4.76. The van der Waals surface area contributed by atoms with E-state index in [0.717, 1.165) is 65.4 Å². The fraction of sp³-hybridized carbons (Fsp3) is 0.800. The number of aromatic nitrogens is 2. The van der Waals surface area contributed by atoms with E-state index in [-0.39, 0.29) is 0 Å². The highest BCUT2D eigenvalue weighted by molar-refractivity contribution is 4.64. The van der Waals surface area contributed by atoms with Gasteiger partial charge in [-0.2, -0.15) is 0 Å². The van der Waals surface area contributed by atoms with Crippen LogP contribution >= 0.6 is 0 Å².